The van der Waals surface area contributed by atoms with Crippen molar-refractivity contribution in [2.75, 3.05) is 0 Å². The van der Waals surface area contributed by atoms with E-state index in [1.54, 1.807) is 0 Å². The quantitative estimate of drug-likeness (QED) is 0.585. The summed E-state index contributed by atoms with van der Waals surface area (Å²) < 4.78 is 0. The molecule has 1 N–H and O–H groups in total. The van der Waals surface area contributed by atoms with Gasteiger partial charge in [0.25, 0.3) is 0 Å². The van der Waals surface area contributed by atoms with Gasteiger partial charge < -0.3 is 5.32 Å². The Kier molecular flexibility index (Phi) is 1.24. The molecule has 0 amide bonds. The van der Waals surface area contributed by atoms with Gasteiger partial charge in [0.05, 0.1) is 0 Å². The Hall–Kier alpha value is -0.370. The standard InChI is InChI=1S/C10H15NO/c12-9-5-10(6-9)3-7-1-2-8(4-10)11-7/h7-8,11H,1-6H2. The number of fused-ring (bicyclic) bond motifs is 2. The predicted octanol–water partition coefficient (Wildman–Crippen LogP) is 1.25. The molecule has 1 spiro atoms. The van der Waals surface area contributed by atoms with Gasteiger partial charge in [-0.25, -0.2) is 0 Å². The molecule has 2 heterocycles. The summed E-state index contributed by atoms with van der Waals surface area (Å²) in [4.78, 5) is 11.0. The Balaban J connectivity index is 1.78. The lowest BCUT2D eigenvalue weighted by Gasteiger charge is -2.46. The molecule has 0 radical (unpaired) electrons. The fourth-order valence-corrected chi connectivity index (χ4v) is 3.43. The van der Waals surface area contributed by atoms with Gasteiger partial charge in [-0.05, 0) is 31.1 Å². The normalized spacial score (nSPS) is 43.2. The molecule has 3 aliphatic rings. The van der Waals surface area contributed by atoms with E-state index in [0.717, 1.165) is 24.9 Å². The fraction of sp³-hybridized carbons (Fsp3) is 0.900. The third-order valence-corrected chi connectivity index (χ3v) is 3.84. The second-order valence-corrected chi connectivity index (χ2v) is 4.94. The van der Waals surface area contributed by atoms with Crippen LogP contribution >= 0.6 is 0 Å². The number of piperidine rings is 1. The summed E-state index contributed by atoms with van der Waals surface area (Å²) in [5, 5.41) is 3.62. The zero-order chi connectivity index (χ0) is 8.18. The third kappa shape index (κ3) is 0.875. The van der Waals surface area contributed by atoms with Gasteiger partial charge in [-0.2, -0.15) is 0 Å². The number of hydrogen-bond donors (Lipinski definition) is 1. The molecule has 3 fully saturated rings. The number of Topliss-reactive ketones (excluding diaryl/α,β-unsaturated/α-hetero) is 1. The summed E-state index contributed by atoms with van der Waals surface area (Å²) in [6.07, 6.45) is 7.02. The van der Waals surface area contributed by atoms with Crippen molar-refractivity contribution < 1.29 is 4.79 Å². The van der Waals surface area contributed by atoms with Crippen molar-refractivity contribution in [3.8, 4) is 0 Å². The van der Waals surface area contributed by atoms with Crippen molar-refractivity contribution in [3.63, 3.8) is 0 Å². The van der Waals surface area contributed by atoms with E-state index < -0.39 is 0 Å². The van der Waals surface area contributed by atoms with E-state index in [1.807, 2.05) is 0 Å². The molecule has 12 heavy (non-hydrogen) atoms. The van der Waals surface area contributed by atoms with Crippen LogP contribution in [0.1, 0.15) is 38.5 Å². The molecule has 0 aromatic rings. The topological polar surface area (TPSA) is 29.1 Å². The summed E-state index contributed by atoms with van der Waals surface area (Å²) in [6.45, 7) is 0. The molecule has 2 heteroatoms. The average molecular weight is 165 g/mol. The lowest BCUT2D eigenvalue weighted by atomic mass is 9.61. The lowest BCUT2D eigenvalue weighted by molar-refractivity contribution is -0.135. The van der Waals surface area contributed by atoms with Crippen molar-refractivity contribution >= 4 is 5.78 Å². The van der Waals surface area contributed by atoms with Crippen LogP contribution in [0, 0.1) is 5.41 Å². The SMILES string of the molecule is O=C1CC2(C1)CC1CCC(C2)N1. The van der Waals surface area contributed by atoms with Crippen molar-refractivity contribution in [2.45, 2.75) is 50.6 Å². The molecule has 2 aliphatic heterocycles. The highest BCUT2D eigenvalue weighted by molar-refractivity contribution is 5.86. The Morgan fingerprint density at radius 2 is 1.75 bits per heavy atom. The van der Waals surface area contributed by atoms with E-state index in [4.69, 9.17) is 0 Å². The van der Waals surface area contributed by atoms with E-state index in [0.29, 0.717) is 11.2 Å². The molecule has 2 nitrogen and oxygen atoms in total. The second kappa shape index (κ2) is 2.11. The summed E-state index contributed by atoms with van der Waals surface area (Å²) >= 11 is 0. The summed E-state index contributed by atoms with van der Waals surface area (Å²) in [5.74, 6) is 0.497. The number of carbonyl (C=O) groups excluding carboxylic acids is 1. The second-order valence-electron chi connectivity index (χ2n) is 4.94. The highest BCUT2D eigenvalue weighted by Gasteiger charge is 2.50. The van der Waals surface area contributed by atoms with Gasteiger partial charge in [0.15, 0.2) is 0 Å². The molecule has 0 aromatic carbocycles. The summed E-state index contributed by atoms with van der Waals surface area (Å²) in [5.41, 5.74) is 0.466. The maximum atomic E-state index is 11.0. The van der Waals surface area contributed by atoms with E-state index in [2.05, 4.69) is 5.32 Å². The lowest BCUT2D eigenvalue weighted by Crippen LogP contribution is -2.50. The number of ketones is 1. The van der Waals surface area contributed by atoms with Crippen LogP contribution in [0.5, 0.6) is 0 Å². The number of hydrogen-bond acceptors (Lipinski definition) is 2. The van der Waals surface area contributed by atoms with Gasteiger partial charge in [0, 0.05) is 24.9 Å². The van der Waals surface area contributed by atoms with Crippen LogP contribution in [-0.4, -0.2) is 17.9 Å². The van der Waals surface area contributed by atoms with Crippen molar-refractivity contribution in [3.05, 3.63) is 0 Å². The van der Waals surface area contributed by atoms with Crippen LogP contribution in [0.3, 0.4) is 0 Å². The van der Waals surface area contributed by atoms with Gasteiger partial charge in [-0.1, -0.05) is 0 Å². The van der Waals surface area contributed by atoms with Crippen LogP contribution in [0.15, 0.2) is 0 Å². The van der Waals surface area contributed by atoms with Crippen molar-refractivity contribution in [2.24, 2.45) is 5.41 Å². The first-order valence-electron chi connectivity index (χ1n) is 5.04. The molecule has 2 saturated heterocycles. The Morgan fingerprint density at radius 1 is 1.17 bits per heavy atom. The molecule has 1 saturated carbocycles. The van der Waals surface area contributed by atoms with Gasteiger partial charge in [-0.15, -0.1) is 0 Å². The zero-order valence-electron chi connectivity index (χ0n) is 7.31. The van der Waals surface area contributed by atoms with Crippen LogP contribution in [0.2, 0.25) is 0 Å². The molecular formula is C10H15NO. The molecule has 2 atom stereocenters. The van der Waals surface area contributed by atoms with Crippen LogP contribution in [0.25, 0.3) is 0 Å². The maximum absolute atomic E-state index is 11.0. The minimum Gasteiger partial charge on any atom is -0.311 e. The fourth-order valence-electron chi connectivity index (χ4n) is 3.43. The van der Waals surface area contributed by atoms with Crippen LogP contribution < -0.4 is 5.32 Å². The molecule has 2 bridgehead atoms. The minimum absolute atomic E-state index is 0.466. The Labute approximate surface area is 72.7 Å². The maximum Gasteiger partial charge on any atom is 0.134 e. The Morgan fingerprint density at radius 3 is 2.25 bits per heavy atom. The van der Waals surface area contributed by atoms with E-state index in [9.17, 15) is 4.79 Å². The van der Waals surface area contributed by atoms with E-state index >= 15 is 0 Å². The summed E-state index contributed by atoms with van der Waals surface area (Å²) in [6, 6.07) is 1.49. The molecular weight excluding hydrogens is 150 g/mol. The average Bonchev–Trinajstić information content (AvgIpc) is 2.28. The van der Waals surface area contributed by atoms with Crippen LogP contribution in [0.4, 0.5) is 0 Å². The first kappa shape index (κ1) is 7.07. The number of nitrogens with one attached hydrogen (secondary N) is 1. The molecule has 3 rings (SSSR count). The van der Waals surface area contributed by atoms with E-state index in [-0.39, 0.29) is 0 Å². The Bertz CT molecular complexity index is 214. The van der Waals surface area contributed by atoms with Crippen molar-refractivity contribution in [1.82, 2.24) is 5.32 Å². The van der Waals surface area contributed by atoms with Gasteiger partial charge in [0.2, 0.25) is 0 Å². The largest absolute Gasteiger partial charge is 0.311 e. The molecule has 0 aromatic heterocycles. The predicted molar refractivity (Wildman–Crippen MR) is 45.9 cm³/mol. The van der Waals surface area contributed by atoms with Gasteiger partial charge in [0.1, 0.15) is 5.78 Å². The molecule has 66 valence electrons. The van der Waals surface area contributed by atoms with Gasteiger partial charge in [-0.3, -0.25) is 4.79 Å². The highest BCUT2D eigenvalue weighted by atomic mass is 16.1. The number of carbonyl (C=O) groups is 1. The monoisotopic (exact) mass is 165 g/mol. The molecule has 1 aliphatic carbocycles. The minimum atomic E-state index is 0.466. The van der Waals surface area contributed by atoms with Crippen molar-refractivity contribution in [1.29, 1.82) is 0 Å². The number of rotatable bonds is 0. The van der Waals surface area contributed by atoms with Crippen LogP contribution in [-0.2, 0) is 4.79 Å². The first-order chi connectivity index (χ1) is 5.76. The highest BCUT2D eigenvalue weighted by Crippen LogP contribution is 2.51. The third-order valence-electron chi connectivity index (χ3n) is 3.84. The summed E-state index contributed by atoms with van der Waals surface area (Å²) in [7, 11) is 0. The smallest absolute Gasteiger partial charge is 0.134 e. The zero-order valence-corrected chi connectivity index (χ0v) is 7.31. The molecule has 2 unspecified atom stereocenters. The van der Waals surface area contributed by atoms with E-state index in [1.165, 1.54) is 25.7 Å². The van der Waals surface area contributed by atoms with Gasteiger partial charge >= 0.3 is 0 Å². The first-order valence-corrected chi connectivity index (χ1v) is 5.04.